The second-order valence-electron chi connectivity index (χ2n) is 4.87. The van der Waals surface area contributed by atoms with Crippen LogP contribution in [0.1, 0.15) is 32.1 Å². The van der Waals surface area contributed by atoms with E-state index < -0.39 is 23.0 Å². The largest absolute Gasteiger partial charge is 0.411 e. The van der Waals surface area contributed by atoms with E-state index in [0.717, 1.165) is 6.42 Å². The smallest absolute Gasteiger partial charge is 0.341 e. The number of hydrogen-bond donors (Lipinski definition) is 2. The summed E-state index contributed by atoms with van der Waals surface area (Å²) in [5.74, 6) is -0.518. The Morgan fingerprint density at radius 3 is 2.06 bits per heavy atom. The van der Waals surface area contributed by atoms with E-state index in [4.69, 9.17) is 5.73 Å². The molecule has 0 unspecified atom stereocenters. The molecule has 0 bridgehead atoms. The van der Waals surface area contributed by atoms with Gasteiger partial charge in [0.05, 0.1) is 5.41 Å². The normalized spacial score (nSPS) is 25.8. The Morgan fingerprint density at radius 2 is 1.81 bits per heavy atom. The molecule has 16 heavy (non-hydrogen) atoms. The van der Waals surface area contributed by atoms with Crippen LogP contribution < -0.4 is 11.1 Å². The van der Waals surface area contributed by atoms with Crippen molar-refractivity contribution in [1.29, 1.82) is 0 Å². The van der Waals surface area contributed by atoms with Crippen molar-refractivity contribution in [3.05, 3.63) is 0 Å². The summed E-state index contributed by atoms with van der Waals surface area (Å²) < 4.78 is 37.9. The van der Waals surface area contributed by atoms with Gasteiger partial charge in [0.2, 0.25) is 5.91 Å². The summed E-state index contributed by atoms with van der Waals surface area (Å²) in [5.41, 5.74) is 2.78. The maximum atomic E-state index is 12.6. The molecule has 0 aromatic heterocycles. The van der Waals surface area contributed by atoms with Gasteiger partial charge in [0, 0.05) is 6.54 Å². The predicted octanol–water partition coefficient (Wildman–Crippen LogP) is 1.33. The molecule has 0 atom stereocenters. The number of rotatable bonds is 3. The SMILES string of the molecule is NCC1(C(=O)NC2(C(F)(F)F)CC2)CCC1. The van der Waals surface area contributed by atoms with Crippen LogP contribution in [0, 0.1) is 5.41 Å². The van der Waals surface area contributed by atoms with Crippen molar-refractivity contribution in [2.45, 2.75) is 43.8 Å². The van der Waals surface area contributed by atoms with Gasteiger partial charge in [-0.05, 0) is 25.7 Å². The Bertz CT molecular complexity index is 300. The summed E-state index contributed by atoms with van der Waals surface area (Å²) in [4.78, 5) is 11.8. The molecule has 0 aromatic carbocycles. The zero-order chi connectivity index (χ0) is 12.0. The minimum atomic E-state index is -4.35. The van der Waals surface area contributed by atoms with Gasteiger partial charge in [-0.15, -0.1) is 0 Å². The number of nitrogens with one attached hydrogen (secondary N) is 1. The number of carbonyl (C=O) groups excluding carboxylic acids is 1. The van der Waals surface area contributed by atoms with Crippen LogP contribution in [0.4, 0.5) is 13.2 Å². The van der Waals surface area contributed by atoms with Gasteiger partial charge in [0.1, 0.15) is 5.54 Å². The van der Waals surface area contributed by atoms with Crippen LogP contribution in [0.15, 0.2) is 0 Å². The van der Waals surface area contributed by atoms with Crippen molar-refractivity contribution < 1.29 is 18.0 Å². The van der Waals surface area contributed by atoms with Gasteiger partial charge < -0.3 is 11.1 Å². The highest BCUT2D eigenvalue weighted by atomic mass is 19.4. The van der Waals surface area contributed by atoms with E-state index in [0.29, 0.717) is 12.8 Å². The van der Waals surface area contributed by atoms with E-state index in [1.807, 2.05) is 0 Å². The lowest BCUT2D eigenvalue weighted by Gasteiger charge is -2.40. The van der Waals surface area contributed by atoms with E-state index in [-0.39, 0.29) is 19.4 Å². The molecule has 3 nitrogen and oxygen atoms in total. The monoisotopic (exact) mass is 236 g/mol. The highest BCUT2D eigenvalue weighted by Gasteiger charge is 2.65. The molecule has 3 N–H and O–H groups in total. The topological polar surface area (TPSA) is 55.1 Å². The zero-order valence-corrected chi connectivity index (χ0v) is 8.86. The van der Waals surface area contributed by atoms with Crippen LogP contribution in [-0.2, 0) is 4.79 Å². The van der Waals surface area contributed by atoms with Gasteiger partial charge in [0.15, 0.2) is 0 Å². The van der Waals surface area contributed by atoms with Crippen LogP contribution in [0.3, 0.4) is 0 Å². The summed E-state index contributed by atoms with van der Waals surface area (Å²) >= 11 is 0. The van der Waals surface area contributed by atoms with Gasteiger partial charge in [-0.25, -0.2) is 0 Å². The third kappa shape index (κ3) is 1.59. The molecule has 2 aliphatic carbocycles. The number of nitrogens with two attached hydrogens (primary N) is 1. The summed E-state index contributed by atoms with van der Waals surface area (Å²) in [6.07, 6.45) is -2.30. The molecule has 2 rings (SSSR count). The summed E-state index contributed by atoms with van der Waals surface area (Å²) in [6, 6.07) is 0. The first-order valence-electron chi connectivity index (χ1n) is 5.45. The minimum Gasteiger partial charge on any atom is -0.341 e. The van der Waals surface area contributed by atoms with Crippen LogP contribution in [0.5, 0.6) is 0 Å². The molecule has 0 aliphatic heterocycles. The summed E-state index contributed by atoms with van der Waals surface area (Å²) in [7, 11) is 0. The maximum Gasteiger partial charge on any atom is 0.411 e. The number of amides is 1. The molecule has 2 fully saturated rings. The fraction of sp³-hybridized carbons (Fsp3) is 0.900. The van der Waals surface area contributed by atoms with Crippen molar-refractivity contribution in [3.63, 3.8) is 0 Å². The van der Waals surface area contributed by atoms with E-state index in [2.05, 4.69) is 5.32 Å². The molecule has 92 valence electrons. The van der Waals surface area contributed by atoms with E-state index in [1.165, 1.54) is 0 Å². The van der Waals surface area contributed by atoms with Crippen molar-refractivity contribution in [2.75, 3.05) is 6.54 Å². The highest BCUT2D eigenvalue weighted by Crippen LogP contribution is 2.50. The molecular weight excluding hydrogens is 221 g/mol. The molecule has 6 heteroatoms. The first-order valence-corrected chi connectivity index (χ1v) is 5.45. The van der Waals surface area contributed by atoms with Crippen molar-refractivity contribution in [2.24, 2.45) is 11.1 Å². The Hall–Kier alpha value is -0.780. The second kappa shape index (κ2) is 3.35. The fourth-order valence-corrected chi connectivity index (χ4v) is 2.08. The number of hydrogen-bond acceptors (Lipinski definition) is 2. The molecule has 0 heterocycles. The molecule has 0 aromatic rings. The number of carbonyl (C=O) groups is 1. The molecule has 1 amide bonds. The second-order valence-corrected chi connectivity index (χ2v) is 4.87. The van der Waals surface area contributed by atoms with Crippen molar-refractivity contribution in [3.8, 4) is 0 Å². The standard InChI is InChI=1S/C10H15F3N2O/c11-10(12,13)9(4-5-9)15-7(16)8(6-14)2-1-3-8/h1-6,14H2,(H,15,16). The first kappa shape index (κ1) is 11.7. The molecule has 2 aliphatic rings. The molecule has 2 saturated carbocycles. The van der Waals surface area contributed by atoms with Crippen LogP contribution >= 0.6 is 0 Å². The number of alkyl halides is 3. The average molecular weight is 236 g/mol. The van der Waals surface area contributed by atoms with Gasteiger partial charge >= 0.3 is 6.18 Å². The lowest BCUT2D eigenvalue weighted by Crippen LogP contribution is -2.57. The van der Waals surface area contributed by atoms with Gasteiger partial charge in [0.25, 0.3) is 0 Å². The quantitative estimate of drug-likeness (QED) is 0.776. The highest BCUT2D eigenvalue weighted by molar-refractivity contribution is 5.85. The Labute approximate surface area is 91.6 Å². The van der Waals surface area contributed by atoms with Crippen LogP contribution in [0.2, 0.25) is 0 Å². The van der Waals surface area contributed by atoms with E-state index >= 15 is 0 Å². The van der Waals surface area contributed by atoms with Gasteiger partial charge in [-0.2, -0.15) is 13.2 Å². The molecule has 0 saturated heterocycles. The van der Waals surface area contributed by atoms with Crippen molar-refractivity contribution in [1.82, 2.24) is 5.32 Å². The Balaban J connectivity index is 2.03. The molecule has 0 radical (unpaired) electrons. The lowest BCUT2D eigenvalue weighted by atomic mass is 9.68. The minimum absolute atomic E-state index is 0.0110. The van der Waals surface area contributed by atoms with E-state index in [9.17, 15) is 18.0 Å². The van der Waals surface area contributed by atoms with Crippen molar-refractivity contribution >= 4 is 5.91 Å². The average Bonchev–Trinajstić information content (AvgIpc) is 2.82. The molecule has 0 spiro atoms. The van der Waals surface area contributed by atoms with E-state index in [1.54, 1.807) is 0 Å². The first-order chi connectivity index (χ1) is 7.35. The van der Waals surface area contributed by atoms with Gasteiger partial charge in [-0.1, -0.05) is 6.42 Å². The lowest BCUT2D eigenvalue weighted by molar-refractivity contribution is -0.174. The van der Waals surface area contributed by atoms with Crippen LogP contribution in [0.25, 0.3) is 0 Å². The number of halogens is 3. The third-order valence-corrected chi connectivity index (χ3v) is 3.83. The fourth-order valence-electron chi connectivity index (χ4n) is 2.08. The predicted molar refractivity (Wildman–Crippen MR) is 51.5 cm³/mol. The Kier molecular flexibility index (Phi) is 2.45. The third-order valence-electron chi connectivity index (χ3n) is 3.83. The summed E-state index contributed by atoms with van der Waals surface area (Å²) in [6.45, 7) is 0.132. The Morgan fingerprint density at radius 1 is 1.25 bits per heavy atom. The maximum absolute atomic E-state index is 12.6. The summed E-state index contributed by atoms with van der Waals surface area (Å²) in [5, 5.41) is 2.16. The van der Waals surface area contributed by atoms with Crippen LogP contribution in [-0.4, -0.2) is 24.2 Å². The zero-order valence-electron chi connectivity index (χ0n) is 8.86. The molecular formula is C10H15F3N2O. The van der Waals surface area contributed by atoms with Gasteiger partial charge in [-0.3, -0.25) is 4.79 Å².